The number of hydrogen-bond donors (Lipinski definition) is 0. The van der Waals surface area contributed by atoms with Crippen LogP contribution in [0.2, 0.25) is 0 Å². The van der Waals surface area contributed by atoms with Gasteiger partial charge in [-0.2, -0.15) is 5.16 Å². The third kappa shape index (κ3) is 1.57. The standard InChI is InChI=1S/C6H3N2O2.Pt/c1-2-9-6(7-1)5-3-8-10-4-5;/h1-2,4H;/q-1;. The summed E-state index contributed by atoms with van der Waals surface area (Å²) < 4.78 is 9.47. The summed E-state index contributed by atoms with van der Waals surface area (Å²) in [5.74, 6) is 0.473. The molecule has 0 N–H and O–H groups in total. The summed E-state index contributed by atoms with van der Waals surface area (Å²) in [6.45, 7) is 0. The van der Waals surface area contributed by atoms with E-state index in [0.717, 1.165) is 0 Å². The molecule has 0 unspecified atom stereocenters. The Labute approximate surface area is 76.9 Å². The Hall–Kier alpha value is -0.892. The molecule has 0 aliphatic rings. The van der Waals surface area contributed by atoms with Gasteiger partial charge in [0.1, 0.15) is 5.89 Å². The molecule has 0 amide bonds. The average molecular weight is 330 g/mol. The van der Waals surface area contributed by atoms with Crippen molar-refractivity contribution in [2.45, 2.75) is 0 Å². The van der Waals surface area contributed by atoms with E-state index in [1.807, 2.05) is 0 Å². The molecule has 0 bridgehead atoms. The van der Waals surface area contributed by atoms with Crippen LogP contribution in [0.3, 0.4) is 0 Å². The van der Waals surface area contributed by atoms with Crippen LogP contribution in [0, 0.1) is 6.20 Å². The van der Waals surface area contributed by atoms with Crippen molar-refractivity contribution in [2.75, 3.05) is 0 Å². The fourth-order valence-electron chi connectivity index (χ4n) is 0.636. The summed E-state index contributed by atoms with van der Waals surface area (Å²) in [7, 11) is 0. The van der Waals surface area contributed by atoms with Gasteiger partial charge in [0, 0.05) is 33.5 Å². The van der Waals surface area contributed by atoms with Gasteiger partial charge >= 0.3 is 0 Å². The first-order valence-corrected chi connectivity index (χ1v) is 2.69. The maximum absolute atomic E-state index is 4.94. The molecule has 5 heteroatoms. The van der Waals surface area contributed by atoms with Crippen molar-refractivity contribution in [3.8, 4) is 11.5 Å². The van der Waals surface area contributed by atoms with Gasteiger partial charge in [0.15, 0.2) is 0 Å². The number of nitrogens with zero attached hydrogens (tertiary/aromatic N) is 2. The van der Waals surface area contributed by atoms with Crippen LogP contribution in [-0.4, -0.2) is 10.1 Å². The zero-order valence-electron chi connectivity index (χ0n) is 5.26. The predicted octanol–water partition coefficient (Wildman–Crippen LogP) is 1.13. The van der Waals surface area contributed by atoms with Gasteiger partial charge in [0.05, 0.1) is 6.26 Å². The molecule has 0 aliphatic carbocycles. The van der Waals surface area contributed by atoms with Crippen LogP contribution in [0.25, 0.3) is 11.5 Å². The molecule has 2 aromatic rings. The Bertz CT molecular complexity index is 258. The van der Waals surface area contributed by atoms with Crippen LogP contribution in [0.15, 0.2) is 27.7 Å². The Morgan fingerprint density at radius 2 is 2.36 bits per heavy atom. The maximum Gasteiger partial charge on any atom is 0.115 e. The van der Waals surface area contributed by atoms with Crippen molar-refractivity contribution in [3.63, 3.8) is 0 Å². The monoisotopic (exact) mass is 330 g/mol. The van der Waals surface area contributed by atoms with E-state index in [2.05, 4.69) is 20.9 Å². The zero-order chi connectivity index (χ0) is 6.81. The maximum atomic E-state index is 4.94. The van der Waals surface area contributed by atoms with E-state index >= 15 is 0 Å². The molecule has 0 saturated carbocycles. The largest absolute Gasteiger partial charge is 0.503 e. The Kier molecular flexibility index (Phi) is 2.60. The molecule has 2 rings (SSSR count). The third-order valence-corrected chi connectivity index (χ3v) is 1.05. The van der Waals surface area contributed by atoms with Crippen molar-refractivity contribution in [1.82, 2.24) is 10.1 Å². The minimum atomic E-state index is 0. The number of rotatable bonds is 1. The van der Waals surface area contributed by atoms with Crippen molar-refractivity contribution in [3.05, 3.63) is 24.9 Å². The minimum Gasteiger partial charge on any atom is -0.503 e. The van der Waals surface area contributed by atoms with Crippen LogP contribution in [-0.2, 0) is 21.1 Å². The quantitative estimate of drug-likeness (QED) is 0.736. The van der Waals surface area contributed by atoms with E-state index in [4.69, 9.17) is 4.42 Å². The molecule has 0 saturated heterocycles. The first-order chi connectivity index (χ1) is 4.97. The second-order valence-electron chi connectivity index (χ2n) is 1.68. The molecule has 2 aromatic heterocycles. The summed E-state index contributed by atoms with van der Waals surface area (Å²) in [6, 6.07) is 0. The second-order valence-corrected chi connectivity index (χ2v) is 1.68. The van der Waals surface area contributed by atoms with Crippen molar-refractivity contribution in [1.29, 1.82) is 0 Å². The van der Waals surface area contributed by atoms with Crippen molar-refractivity contribution < 1.29 is 30.0 Å². The summed E-state index contributed by atoms with van der Waals surface area (Å²) >= 11 is 0. The van der Waals surface area contributed by atoms with Gasteiger partial charge < -0.3 is 8.94 Å². The molecule has 0 radical (unpaired) electrons. The van der Waals surface area contributed by atoms with Crippen molar-refractivity contribution >= 4 is 0 Å². The molecule has 0 aromatic carbocycles. The van der Waals surface area contributed by atoms with Crippen molar-refractivity contribution in [2.24, 2.45) is 0 Å². The Balaban J connectivity index is 0.000000605. The van der Waals surface area contributed by atoms with Crippen LogP contribution in [0.4, 0.5) is 0 Å². The zero-order valence-corrected chi connectivity index (χ0v) is 7.53. The van der Waals surface area contributed by atoms with E-state index in [1.54, 1.807) is 6.20 Å². The molecule has 0 atom stereocenters. The fourth-order valence-corrected chi connectivity index (χ4v) is 0.636. The summed E-state index contributed by atoms with van der Waals surface area (Å²) in [5, 5.41) is 3.38. The summed E-state index contributed by atoms with van der Waals surface area (Å²) in [4.78, 5) is 3.86. The normalized spacial score (nSPS) is 9.09. The van der Waals surface area contributed by atoms with Gasteiger partial charge in [-0.05, 0) is 6.20 Å². The topological polar surface area (TPSA) is 52.1 Å². The van der Waals surface area contributed by atoms with Crippen LogP contribution < -0.4 is 0 Å². The summed E-state index contributed by atoms with van der Waals surface area (Å²) in [6.07, 6.45) is 7.02. The molecule has 2 heterocycles. The van der Waals surface area contributed by atoms with Gasteiger partial charge in [0.25, 0.3) is 0 Å². The smallest absolute Gasteiger partial charge is 0.115 e. The van der Waals surface area contributed by atoms with E-state index in [0.29, 0.717) is 11.5 Å². The first-order valence-electron chi connectivity index (χ1n) is 2.69. The molecule has 0 spiro atoms. The fraction of sp³-hybridized carbons (Fsp3) is 0. The van der Waals surface area contributed by atoms with Gasteiger partial charge in [-0.25, -0.2) is 0 Å². The molecular weight excluding hydrogens is 327 g/mol. The van der Waals surface area contributed by atoms with Gasteiger partial charge in [-0.3, -0.25) is 4.98 Å². The van der Waals surface area contributed by atoms with Crippen LogP contribution in [0.1, 0.15) is 0 Å². The van der Waals surface area contributed by atoms with E-state index in [1.165, 1.54) is 12.5 Å². The number of hydrogen-bond acceptors (Lipinski definition) is 4. The minimum absolute atomic E-state index is 0. The van der Waals surface area contributed by atoms with E-state index in [9.17, 15) is 0 Å². The van der Waals surface area contributed by atoms with Crippen LogP contribution >= 0.6 is 0 Å². The van der Waals surface area contributed by atoms with E-state index in [-0.39, 0.29) is 21.1 Å². The summed E-state index contributed by atoms with van der Waals surface area (Å²) in [5.41, 5.74) is 0.630. The SMILES string of the molecule is [Pt].[c-]1nocc1-c1ncco1. The van der Waals surface area contributed by atoms with Gasteiger partial charge in [0.2, 0.25) is 0 Å². The van der Waals surface area contributed by atoms with E-state index < -0.39 is 0 Å². The average Bonchev–Trinajstić information content (AvgIpc) is 2.59. The predicted molar refractivity (Wildman–Crippen MR) is 30.8 cm³/mol. The number of aromatic nitrogens is 2. The molecule has 0 fully saturated rings. The molecule has 0 aliphatic heterocycles. The third-order valence-electron chi connectivity index (χ3n) is 1.05. The van der Waals surface area contributed by atoms with Gasteiger partial charge in [-0.15, -0.1) is 0 Å². The molecule has 11 heavy (non-hydrogen) atoms. The molecule has 4 nitrogen and oxygen atoms in total. The second kappa shape index (κ2) is 3.49. The molecule has 60 valence electrons. The Morgan fingerprint density at radius 1 is 1.45 bits per heavy atom. The molecular formula is C6H3N2O2Pt-. The first kappa shape index (κ1) is 8.21. The Morgan fingerprint density at radius 3 is 2.91 bits per heavy atom. The van der Waals surface area contributed by atoms with Crippen LogP contribution in [0.5, 0.6) is 0 Å². The number of oxazole rings is 1. The van der Waals surface area contributed by atoms with Gasteiger partial charge in [-0.1, -0.05) is 5.56 Å².